The molecule has 0 aromatic carbocycles. The zero-order valence-corrected chi connectivity index (χ0v) is 9.82. The Morgan fingerprint density at radius 3 is 2.69 bits per heavy atom. The second-order valence-corrected chi connectivity index (χ2v) is 5.05. The highest BCUT2D eigenvalue weighted by molar-refractivity contribution is 5.78. The Balaban J connectivity index is 1.58. The number of carbonyl (C=O) groups excluding carboxylic acids is 1. The molecule has 2 fully saturated rings. The molecule has 0 spiro atoms. The number of rotatable bonds is 4. The lowest BCUT2D eigenvalue weighted by atomic mass is 10.1. The van der Waals surface area contributed by atoms with Crippen LogP contribution in [0.4, 0.5) is 0 Å². The highest BCUT2D eigenvalue weighted by Gasteiger charge is 2.23. The molecule has 1 saturated heterocycles. The lowest BCUT2D eigenvalue weighted by molar-refractivity contribution is -0.129. The quantitative estimate of drug-likeness (QED) is 0.728. The molecule has 16 heavy (non-hydrogen) atoms. The molecule has 0 bridgehead atoms. The molecule has 1 saturated carbocycles. The molecule has 1 aliphatic carbocycles. The summed E-state index contributed by atoms with van der Waals surface area (Å²) in [6.45, 7) is 3.20. The topological polar surface area (TPSA) is 52.6 Å². The average Bonchev–Trinajstić information content (AvgIpc) is 2.89. The van der Waals surface area contributed by atoms with E-state index in [2.05, 4.69) is 5.32 Å². The lowest BCUT2D eigenvalue weighted by Crippen LogP contribution is -2.37. The second kappa shape index (κ2) is 5.64. The molecule has 2 unspecified atom stereocenters. The third kappa shape index (κ3) is 3.19. The Morgan fingerprint density at radius 1 is 1.31 bits per heavy atom. The van der Waals surface area contributed by atoms with Gasteiger partial charge in [0.15, 0.2) is 0 Å². The van der Waals surface area contributed by atoms with Gasteiger partial charge in [0.25, 0.3) is 0 Å². The molecule has 0 aromatic rings. The van der Waals surface area contributed by atoms with Crippen LogP contribution in [0.3, 0.4) is 0 Å². The van der Waals surface area contributed by atoms with E-state index in [1.807, 2.05) is 4.90 Å². The van der Waals surface area contributed by atoms with E-state index in [1.54, 1.807) is 0 Å². The molecule has 0 aromatic heterocycles. The molecule has 92 valence electrons. The summed E-state index contributed by atoms with van der Waals surface area (Å²) >= 11 is 0. The summed E-state index contributed by atoms with van der Waals surface area (Å²) in [5.74, 6) is 0.789. The van der Waals surface area contributed by atoms with E-state index in [-0.39, 0.29) is 12.0 Å². The predicted octanol–water partition coefficient (Wildman–Crippen LogP) is 0.359. The van der Waals surface area contributed by atoms with Crippen molar-refractivity contribution in [1.29, 1.82) is 0 Å². The molecule has 1 heterocycles. The number of aliphatic hydroxyl groups excluding tert-OH is 1. The highest BCUT2D eigenvalue weighted by atomic mass is 16.3. The smallest absolute Gasteiger partial charge is 0.236 e. The molecule has 0 radical (unpaired) electrons. The molecule has 4 heteroatoms. The molecule has 1 aliphatic heterocycles. The van der Waals surface area contributed by atoms with Crippen LogP contribution in [0.15, 0.2) is 0 Å². The van der Waals surface area contributed by atoms with Crippen LogP contribution in [0.5, 0.6) is 0 Å². The van der Waals surface area contributed by atoms with Crippen molar-refractivity contribution in [2.75, 3.05) is 26.2 Å². The van der Waals surface area contributed by atoms with Gasteiger partial charge in [0.1, 0.15) is 0 Å². The van der Waals surface area contributed by atoms with Crippen LogP contribution in [0, 0.1) is 5.92 Å². The summed E-state index contributed by atoms with van der Waals surface area (Å²) in [5.41, 5.74) is 0. The predicted molar refractivity (Wildman–Crippen MR) is 62.0 cm³/mol. The number of nitrogens with one attached hydrogen (secondary N) is 1. The Hall–Kier alpha value is -0.610. The van der Waals surface area contributed by atoms with Crippen LogP contribution in [-0.4, -0.2) is 48.2 Å². The first kappa shape index (κ1) is 11.9. The van der Waals surface area contributed by atoms with Crippen LogP contribution in [0.1, 0.15) is 32.1 Å². The van der Waals surface area contributed by atoms with Crippen molar-refractivity contribution in [2.45, 2.75) is 38.2 Å². The molecule has 2 N–H and O–H groups in total. The van der Waals surface area contributed by atoms with E-state index in [4.69, 9.17) is 0 Å². The lowest BCUT2D eigenvalue weighted by Gasteiger charge is -2.16. The van der Waals surface area contributed by atoms with Crippen molar-refractivity contribution in [3.63, 3.8) is 0 Å². The third-order valence-corrected chi connectivity index (χ3v) is 3.68. The number of amides is 1. The van der Waals surface area contributed by atoms with Gasteiger partial charge in [-0.3, -0.25) is 4.79 Å². The summed E-state index contributed by atoms with van der Waals surface area (Å²) in [6, 6.07) is 0. The zero-order chi connectivity index (χ0) is 11.4. The average molecular weight is 226 g/mol. The maximum Gasteiger partial charge on any atom is 0.236 e. The Labute approximate surface area is 97.0 Å². The van der Waals surface area contributed by atoms with Crippen molar-refractivity contribution in [1.82, 2.24) is 10.2 Å². The first-order valence-electron chi connectivity index (χ1n) is 6.42. The number of nitrogens with zero attached hydrogens (tertiary/aromatic N) is 1. The van der Waals surface area contributed by atoms with E-state index in [0.717, 1.165) is 51.7 Å². The fourth-order valence-corrected chi connectivity index (χ4v) is 2.70. The van der Waals surface area contributed by atoms with E-state index in [9.17, 15) is 9.90 Å². The molecule has 1 amide bonds. The minimum absolute atomic E-state index is 0.110. The molecular formula is C12H22N2O2. The van der Waals surface area contributed by atoms with Crippen molar-refractivity contribution in [2.24, 2.45) is 5.92 Å². The van der Waals surface area contributed by atoms with Gasteiger partial charge in [-0.1, -0.05) is 0 Å². The SMILES string of the molecule is O=C(CNCC1CCC(O)C1)N1CCCC1. The Morgan fingerprint density at radius 2 is 2.06 bits per heavy atom. The van der Waals surface area contributed by atoms with Gasteiger partial charge < -0.3 is 15.3 Å². The van der Waals surface area contributed by atoms with Gasteiger partial charge in [-0.2, -0.15) is 0 Å². The van der Waals surface area contributed by atoms with Crippen molar-refractivity contribution < 1.29 is 9.90 Å². The Kier molecular flexibility index (Phi) is 4.18. The molecule has 2 aliphatic rings. The summed E-state index contributed by atoms with van der Waals surface area (Å²) in [6.07, 6.45) is 5.10. The fourth-order valence-electron chi connectivity index (χ4n) is 2.70. The molecule has 2 atom stereocenters. The summed E-state index contributed by atoms with van der Waals surface area (Å²) in [5, 5.41) is 12.6. The first-order valence-corrected chi connectivity index (χ1v) is 6.42. The molecule has 4 nitrogen and oxygen atoms in total. The van der Waals surface area contributed by atoms with Crippen LogP contribution in [-0.2, 0) is 4.79 Å². The van der Waals surface area contributed by atoms with E-state index >= 15 is 0 Å². The molecule has 2 rings (SSSR count). The van der Waals surface area contributed by atoms with Gasteiger partial charge in [0.2, 0.25) is 5.91 Å². The number of hydrogen-bond acceptors (Lipinski definition) is 3. The van der Waals surface area contributed by atoms with Crippen LogP contribution in [0.25, 0.3) is 0 Å². The number of hydrogen-bond donors (Lipinski definition) is 2. The fraction of sp³-hybridized carbons (Fsp3) is 0.917. The van der Waals surface area contributed by atoms with Crippen molar-refractivity contribution in [3.05, 3.63) is 0 Å². The minimum atomic E-state index is -0.110. The highest BCUT2D eigenvalue weighted by Crippen LogP contribution is 2.24. The van der Waals surface area contributed by atoms with Gasteiger partial charge in [0, 0.05) is 13.1 Å². The van der Waals surface area contributed by atoms with Crippen LogP contribution < -0.4 is 5.32 Å². The zero-order valence-electron chi connectivity index (χ0n) is 9.82. The summed E-state index contributed by atoms with van der Waals surface area (Å²) in [4.78, 5) is 13.6. The van der Waals surface area contributed by atoms with Crippen molar-refractivity contribution >= 4 is 5.91 Å². The van der Waals surface area contributed by atoms with Gasteiger partial charge in [-0.25, -0.2) is 0 Å². The monoisotopic (exact) mass is 226 g/mol. The number of aliphatic hydroxyl groups is 1. The van der Waals surface area contributed by atoms with E-state index in [1.165, 1.54) is 0 Å². The number of carbonyl (C=O) groups is 1. The van der Waals surface area contributed by atoms with Gasteiger partial charge in [0.05, 0.1) is 12.6 Å². The first-order chi connectivity index (χ1) is 7.75. The second-order valence-electron chi connectivity index (χ2n) is 5.05. The summed E-state index contributed by atoms with van der Waals surface area (Å²) < 4.78 is 0. The summed E-state index contributed by atoms with van der Waals surface area (Å²) in [7, 11) is 0. The normalized spacial score (nSPS) is 29.9. The standard InChI is InChI=1S/C12H22N2O2/c15-11-4-3-10(7-11)8-13-9-12(16)14-5-1-2-6-14/h10-11,13,15H,1-9H2. The molecular weight excluding hydrogens is 204 g/mol. The third-order valence-electron chi connectivity index (χ3n) is 3.68. The number of likely N-dealkylation sites (tertiary alicyclic amines) is 1. The Bertz CT molecular complexity index is 239. The van der Waals surface area contributed by atoms with Gasteiger partial charge in [-0.15, -0.1) is 0 Å². The van der Waals surface area contributed by atoms with Crippen LogP contribution in [0.2, 0.25) is 0 Å². The van der Waals surface area contributed by atoms with E-state index in [0.29, 0.717) is 12.5 Å². The minimum Gasteiger partial charge on any atom is -0.393 e. The van der Waals surface area contributed by atoms with Crippen molar-refractivity contribution in [3.8, 4) is 0 Å². The van der Waals surface area contributed by atoms with Gasteiger partial charge >= 0.3 is 0 Å². The largest absolute Gasteiger partial charge is 0.393 e. The van der Waals surface area contributed by atoms with E-state index < -0.39 is 0 Å². The van der Waals surface area contributed by atoms with Crippen LogP contribution >= 0.6 is 0 Å². The van der Waals surface area contributed by atoms with Gasteiger partial charge in [-0.05, 0) is 44.6 Å². The maximum absolute atomic E-state index is 11.7. The maximum atomic E-state index is 11.7.